The smallest absolute Gasteiger partial charge is 0.316 e. The predicted octanol–water partition coefficient (Wildman–Crippen LogP) is 3.58. The summed E-state index contributed by atoms with van der Waals surface area (Å²) in [5.41, 5.74) is 8.23. The first-order valence-electron chi connectivity index (χ1n) is 8.82. The number of anilines is 1. The Labute approximate surface area is 153 Å². The summed E-state index contributed by atoms with van der Waals surface area (Å²) in [6, 6.07) is 13.8. The monoisotopic (exact) mass is 355 g/mol. The van der Waals surface area contributed by atoms with E-state index >= 15 is 0 Å². The molecular weight excluding hydrogens is 330 g/mol. The van der Waals surface area contributed by atoms with Crippen LogP contribution in [0.1, 0.15) is 37.4 Å². The third-order valence-corrected chi connectivity index (χ3v) is 4.52. The highest BCUT2D eigenvalue weighted by atomic mass is 16.7. The normalized spacial score (nSPS) is 14.7. The Morgan fingerprint density at radius 3 is 2.58 bits per heavy atom. The number of benzene rings is 2. The number of nitrogens with one attached hydrogen (secondary N) is 2. The van der Waals surface area contributed by atoms with Crippen molar-refractivity contribution < 1.29 is 14.3 Å². The molecule has 1 aliphatic rings. The van der Waals surface area contributed by atoms with E-state index in [9.17, 15) is 4.79 Å². The maximum absolute atomic E-state index is 10.9. The van der Waals surface area contributed by atoms with Gasteiger partial charge in [0.15, 0.2) is 11.5 Å². The maximum Gasteiger partial charge on any atom is 0.316 e. The van der Waals surface area contributed by atoms with Gasteiger partial charge >= 0.3 is 6.03 Å². The van der Waals surface area contributed by atoms with E-state index in [-0.39, 0.29) is 6.04 Å². The summed E-state index contributed by atoms with van der Waals surface area (Å²) >= 11 is 0. The molecular formula is C20H25N3O3. The minimum atomic E-state index is -0.555. The lowest BCUT2D eigenvalue weighted by molar-refractivity contribution is 0.174. The van der Waals surface area contributed by atoms with Gasteiger partial charge in [0.1, 0.15) is 0 Å². The van der Waals surface area contributed by atoms with Crippen LogP contribution in [-0.2, 0) is 6.42 Å². The second-order valence-corrected chi connectivity index (χ2v) is 6.63. The maximum atomic E-state index is 10.9. The summed E-state index contributed by atoms with van der Waals surface area (Å²) in [7, 11) is 0. The summed E-state index contributed by atoms with van der Waals surface area (Å²) in [6.45, 7) is 4.63. The number of hydrogen-bond donors (Lipinski definition) is 3. The molecule has 26 heavy (non-hydrogen) atoms. The van der Waals surface area contributed by atoms with E-state index in [1.165, 1.54) is 5.56 Å². The molecule has 2 amide bonds. The third kappa shape index (κ3) is 4.67. The number of primary amides is 1. The van der Waals surface area contributed by atoms with Crippen molar-refractivity contribution in [2.24, 2.45) is 5.73 Å². The standard InChI is InChI=1S/C20H25N3O3/c1-13(3-4-15-5-10-18-19(11-15)26-12-25-18)22-14(2)16-6-8-17(9-7-16)23-20(21)24/h5-11,13-14,22H,3-4,12H2,1-2H3,(H3,21,23,24). The fourth-order valence-corrected chi connectivity index (χ4v) is 3.08. The summed E-state index contributed by atoms with van der Waals surface area (Å²) < 4.78 is 10.8. The van der Waals surface area contributed by atoms with Crippen LogP contribution in [0.25, 0.3) is 0 Å². The first-order chi connectivity index (χ1) is 12.5. The van der Waals surface area contributed by atoms with Gasteiger partial charge in [0.25, 0.3) is 0 Å². The van der Waals surface area contributed by atoms with Crippen LogP contribution in [0.5, 0.6) is 11.5 Å². The molecule has 0 saturated heterocycles. The van der Waals surface area contributed by atoms with Crippen LogP contribution < -0.4 is 25.8 Å². The number of ether oxygens (including phenoxy) is 2. The van der Waals surface area contributed by atoms with E-state index in [2.05, 4.69) is 36.6 Å². The van der Waals surface area contributed by atoms with Crippen LogP contribution in [0.15, 0.2) is 42.5 Å². The van der Waals surface area contributed by atoms with Crippen LogP contribution in [0, 0.1) is 0 Å². The average Bonchev–Trinajstić information content (AvgIpc) is 3.07. The molecule has 2 unspecified atom stereocenters. The van der Waals surface area contributed by atoms with Crippen molar-refractivity contribution in [3.63, 3.8) is 0 Å². The molecule has 6 nitrogen and oxygen atoms in total. The number of hydrogen-bond acceptors (Lipinski definition) is 4. The largest absolute Gasteiger partial charge is 0.454 e. The number of rotatable bonds is 7. The summed E-state index contributed by atoms with van der Waals surface area (Å²) in [6.07, 6.45) is 1.99. The zero-order chi connectivity index (χ0) is 18.5. The fraction of sp³-hybridized carbons (Fsp3) is 0.350. The van der Waals surface area contributed by atoms with Crippen LogP contribution in [0.3, 0.4) is 0 Å². The third-order valence-electron chi connectivity index (χ3n) is 4.52. The highest BCUT2D eigenvalue weighted by molar-refractivity contribution is 5.87. The minimum Gasteiger partial charge on any atom is -0.454 e. The predicted molar refractivity (Wildman–Crippen MR) is 102 cm³/mol. The molecule has 0 aromatic heterocycles. The lowest BCUT2D eigenvalue weighted by Crippen LogP contribution is -2.29. The molecule has 2 aromatic carbocycles. The van der Waals surface area contributed by atoms with Crippen LogP contribution in [0.2, 0.25) is 0 Å². The zero-order valence-corrected chi connectivity index (χ0v) is 15.1. The second kappa shape index (κ2) is 8.10. The summed E-state index contributed by atoms with van der Waals surface area (Å²) in [4.78, 5) is 10.9. The molecule has 0 saturated carbocycles. The summed E-state index contributed by atoms with van der Waals surface area (Å²) in [5, 5.41) is 6.18. The molecule has 2 aromatic rings. The number of urea groups is 1. The Kier molecular flexibility index (Phi) is 5.63. The Bertz CT molecular complexity index is 761. The molecule has 3 rings (SSSR count). The first-order valence-corrected chi connectivity index (χ1v) is 8.82. The van der Waals surface area contributed by atoms with Gasteiger partial charge in [-0.1, -0.05) is 18.2 Å². The Balaban J connectivity index is 1.49. The van der Waals surface area contributed by atoms with Gasteiger partial charge < -0.3 is 25.8 Å². The van der Waals surface area contributed by atoms with Crippen LogP contribution >= 0.6 is 0 Å². The van der Waals surface area contributed by atoms with Gasteiger partial charge in [-0.3, -0.25) is 0 Å². The molecule has 1 aliphatic heterocycles. The van der Waals surface area contributed by atoms with Gasteiger partial charge in [-0.05, 0) is 62.1 Å². The molecule has 0 aliphatic carbocycles. The molecule has 0 radical (unpaired) electrons. The molecule has 4 N–H and O–H groups in total. The highest BCUT2D eigenvalue weighted by Crippen LogP contribution is 2.32. The van der Waals surface area contributed by atoms with Crippen LogP contribution in [0.4, 0.5) is 10.5 Å². The number of nitrogens with two attached hydrogens (primary N) is 1. The van der Waals surface area contributed by atoms with Gasteiger partial charge in [0.2, 0.25) is 6.79 Å². The van der Waals surface area contributed by atoms with Crippen molar-refractivity contribution in [1.82, 2.24) is 5.32 Å². The quantitative estimate of drug-likeness (QED) is 0.709. The zero-order valence-electron chi connectivity index (χ0n) is 15.1. The summed E-state index contributed by atoms with van der Waals surface area (Å²) in [5.74, 6) is 1.66. The number of carbonyl (C=O) groups excluding carboxylic acids is 1. The molecule has 2 atom stereocenters. The topological polar surface area (TPSA) is 85.6 Å². The minimum absolute atomic E-state index is 0.212. The highest BCUT2D eigenvalue weighted by Gasteiger charge is 2.14. The molecule has 6 heteroatoms. The van der Waals surface area contributed by atoms with Gasteiger partial charge in [-0.15, -0.1) is 0 Å². The molecule has 0 bridgehead atoms. The van der Waals surface area contributed by atoms with E-state index in [1.807, 2.05) is 30.3 Å². The SMILES string of the molecule is CC(CCc1ccc2c(c1)OCO2)NC(C)c1ccc(NC(N)=O)cc1. The number of aryl methyl sites for hydroxylation is 1. The fourth-order valence-electron chi connectivity index (χ4n) is 3.08. The van der Waals surface area contributed by atoms with E-state index in [1.54, 1.807) is 0 Å². The van der Waals surface area contributed by atoms with E-state index in [0.717, 1.165) is 29.9 Å². The Hall–Kier alpha value is -2.73. The average molecular weight is 355 g/mol. The van der Waals surface area contributed by atoms with Crippen molar-refractivity contribution in [2.75, 3.05) is 12.1 Å². The van der Waals surface area contributed by atoms with Gasteiger partial charge in [0.05, 0.1) is 0 Å². The second-order valence-electron chi connectivity index (χ2n) is 6.63. The van der Waals surface area contributed by atoms with Crippen molar-refractivity contribution >= 4 is 11.7 Å². The number of carbonyl (C=O) groups is 1. The molecule has 1 heterocycles. The Morgan fingerprint density at radius 2 is 1.85 bits per heavy atom. The van der Waals surface area contributed by atoms with Gasteiger partial charge in [-0.2, -0.15) is 0 Å². The van der Waals surface area contributed by atoms with Crippen molar-refractivity contribution in [3.8, 4) is 11.5 Å². The lowest BCUT2D eigenvalue weighted by atomic mass is 10.0. The number of amides is 2. The van der Waals surface area contributed by atoms with E-state index < -0.39 is 6.03 Å². The molecule has 0 spiro atoms. The molecule has 138 valence electrons. The number of fused-ring (bicyclic) bond motifs is 1. The van der Waals surface area contributed by atoms with Crippen molar-refractivity contribution in [1.29, 1.82) is 0 Å². The lowest BCUT2D eigenvalue weighted by Gasteiger charge is -2.21. The van der Waals surface area contributed by atoms with E-state index in [4.69, 9.17) is 15.2 Å². The van der Waals surface area contributed by atoms with Crippen molar-refractivity contribution in [2.45, 2.75) is 38.8 Å². The van der Waals surface area contributed by atoms with E-state index in [0.29, 0.717) is 18.5 Å². The first kappa shape index (κ1) is 18.1. The van der Waals surface area contributed by atoms with Gasteiger partial charge in [0, 0.05) is 17.8 Å². The molecule has 0 fully saturated rings. The Morgan fingerprint density at radius 1 is 1.12 bits per heavy atom. The van der Waals surface area contributed by atoms with Gasteiger partial charge in [-0.25, -0.2) is 4.79 Å². The van der Waals surface area contributed by atoms with Crippen LogP contribution in [-0.4, -0.2) is 18.9 Å². The van der Waals surface area contributed by atoms with Crippen molar-refractivity contribution in [3.05, 3.63) is 53.6 Å².